The van der Waals surface area contributed by atoms with Gasteiger partial charge in [0.25, 0.3) is 5.91 Å². The minimum atomic E-state index is -0.560. The van der Waals surface area contributed by atoms with Crippen molar-refractivity contribution in [3.63, 3.8) is 0 Å². The number of amides is 1. The summed E-state index contributed by atoms with van der Waals surface area (Å²) in [6, 6.07) is 13.3. The van der Waals surface area contributed by atoms with Crippen LogP contribution in [0.2, 0.25) is 0 Å². The van der Waals surface area contributed by atoms with Gasteiger partial charge in [-0.2, -0.15) is 0 Å². The van der Waals surface area contributed by atoms with Crippen molar-refractivity contribution >= 4 is 16.8 Å². The van der Waals surface area contributed by atoms with Gasteiger partial charge in [-0.3, -0.25) is 10.0 Å². The molecule has 1 aliphatic heterocycles. The molecule has 6 heteroatoms. The van der Waals surface area contributed by atoms with Crippen LogP contribution in [-0.2, 0) is 0 Å². The number of nitrogens with zero attached hydrogens (tertiary/aromatic N) is 1. The van der Waals surface area contributed by atoms with Crippen LogP contribution >= 0.6 is 0 Å². The molecule has 4 rings (SSSR count). The molecule has 1 aliphatic rings. The Morgan fingerprint density at radius 2 is 1.92 bits per heavy atom. The Labute approximate surface area is 144 Å². The van der Waals surface area contributed by atoms with Crippen LogP contribution in [0, 0.1) is 0 Å². The summed E-state index contributed by atoms with van der Waals surface area (Å²) < 4.78 is 5.50. The second-order valence-electron chi connectivity index (χ2n) is 6.33. The molecule has 0 saturated carbocycles. The van der Waals surface area contributed by atoms with E-state index < -0.39 is 5.91 Å². The summed E-state index contributed by atoms with van der Waals surface area (Å²) in [5.74, 6) is 0.663. The van der Waals surface area contributed by atoms with Gasteiger partial charge in [0.15, 0.2) is 5.76 Å². The van der Waals surface area contributed by atoms with Crippen molar-refractivity contribution in [3.05, 3.63) is 53.6 Å². The van der Waals surface area contributed by atoms with E-state index in [1.165, 1.54) is 5.56 Å². The van der Waals surface area contributed by atoms with Crippen LogP contribution in [0.15, 0.2) is 47.0 Å². The molecule has 25 heavy (non-hydrogen) atoms. The Balaban J connectivity index is 1.68. The third-order valence-electron chi connectivity index (χ3n) is 4.82. The number of nitrogens with one attached hydrogen (secondary N) is 2. The number of fused-ring (bicyclic) bond motifs is 1. The number of benzene rings is 2. The van der Waals surface area contributed by atoms with Gasteiger partial charge in [-0.25, -0.2) is 5.48 Å². The van der Waals surface area contributed by atoms with Gasteiger partial charge < -0.3 is 9.84 Å². The Hall–Kier alpha value is -2.70. The number of piperidine rings is 1. The zero-order chi connectivity index (χ0) is 17.2. The number of carbonyl (C=O) groups excluding carboxylic acids is 1. The molecule has 1 saturated heterocycles. The topological polar surface area (TPSA) is 87.4 Å². The first-order chi connectivity index (χ1) is 12.3. The van der Waals surface area contributed by atoms with Gasteiger partial charge >= 0.3 is 0 Å². The Bertz CT molecular complexity index is 896. The van der Waals surface area contributed by atoms with E-state index in [1.807, 2.05) is 12.1 Å². The molecule has 2 heterocycles. The Morgan fingerprint density at radius 1 is 1.16 bits per heavy atom. The molecule has 1 amide bonds. The van der Waals surface area contributed by atoms with Gasteiger partial charge in [0.1, 0.15) is 5.52 Å². The van der Waals surface area contributed by atoms with E-state index in [9.17, 15) is 4.79 Å². The lowest BCUT2D eigenvalue weighted by Gasteiger charge is -2.23. The summed E-state index contributed by atoms with van der Waals surface area (Å²) in [5.41, 5.74) is 4.93. The molecule has 0 aliphatic carbocycles. The normalized spacial score (nSPS) is 15.4. The molecule has 6 nitrogen and oxygen atoms in total. The van der Waals surface area contributed by atoms with E-state index in [2.05, 4.69) is 22.6 Å². The van der Waals surface area contributed by atoms with Crippen molar-refractivity contribution in [1.82, 2.24) is 16.0 Å². The fourth-order valence-corrected chi connectivity index (χ4v) is 3.42. The molecule has 0 atom stereocenters. The van der Waals surface area contributed by atoms with E-state index in [1.54, 1.807) is 23.7 Å². The maximum Gasteiger partial charge on any atom is 0.274 e. The summed E-state index contributed by atoms with van der Waals surface area (Å²) in [4.78, 5) is 11.6. The van der Waals surface area contributed by atoms with Crippen molar-refractivity contribution in [2.45, 2.75) is 18.8 Å². The zero-order valence-corrected chi connectivity index (χ0v) is 13.7. The van der Waals surface area contributed by atoms with Gasteiger partial charge in [-0.15, -0.1) is 0 Å². The zero-order valence-electron chi connectivity index (χ0n) is 13.7. The fraction of sp³-hybridized carbons (Fsp3) is 0.263. The number of hydroxylamine groups is 1. The lowest BCUT2D eigenvalue weighted by atomic mass is 9.89. The summed E-state index contributed by atoms with van der Waals surface area (Å²) in [6.07, 6.45) is 2.31. The predicted molar refractivity (Wildman–Crippen MR) is 93.5 cm³/mol. The van der Waals surface area contributed by atoms with E-state index in [4.69, 9.17) is 9.73 Å². The van der Waals surface area contributed by atoms with Gasteiger partial charge in [0.05, 0.1) is 5.39 Å². The highest BCUT2D eigenvalue weighted by molar-refractivity contribution is 6.00. The highest BCUT2D eigenvalue weighted by atomic mass is 16.5. The average molecular weight is 337 g/mol. The van der Waals surface area contributed by atoms with Crippen molar-refractivity contribution in [3.8, 4) is 11.3 Å². The lowest BCUT2D eigenvalue weighted by Crippen LogP contribution is -2.26. The molecule has 1 aromatic heterocycles. The third-order valence-corrected chi connectivity index (χ3v) is 4.82. The van der Waals surface area contributed by atoms with Gasteiger partial charge in [0, 0.05) is 11.1 Å². The largest absolute Gasteiger partial charge is 0.355 e. The molecule has 1 fully saturated rings. The van der Waals surface area contributed by atoms with E-state index in [0.29, 0.717) is 22.8 Å². The summed E-state index contributed by atoms with van der Waals surface area (Å²) in [5, 5.41) is 17.0. The van der Waals surface area contributed by atoms with Crippen LogP contribution < -0.4 is 10.8 Å². The number of aromatic nitrogens is 1. The van der Waals surface area contributed by atoms with Crippen LogP contribution in [-0.4, -0.2) is 29.4 Å². The maximum atomic E-state index is 11.6. The first-order valence-electron chi connectivity index (χ1n) is 8.41. The van der Waals surface area contributed by atoms with Crippen molar-refractivity contribution in [2.75, 3.05) is 13.1 Å². The Morgan fingerprint density at radius 3 is 2.64 bits per heavy atom. The SMILES string of the molecule is O=C(NO)c1ccc2noc(-c3ccc(C4CCNCC4)cc3)c2c1. The predicted octanol–water partition coefficient (Wildman–Crippen LogP) is 3.08. The first kappa shape index (κ1) is 15.8. The van der Waals surface area contributed by atoms with Crippen LogP contribution in [0.25, 0.3) is 22.2 Å². The van der Waals surface area contributed by atoms with E-state index in [0.717, 1.165) is 36.9 Å². The summed E-state index contributed by atoms with van der Waals surface area (Å²) >= 11 is 0. The highest BCUT2D eigenvalue weighted by Crippen LogP contribution is 2.32. The minimum Gasteiger partial charge on any atom is -0.355 e. The second-order valence-corrected chi connectivity index (χ2v) is 6.33. The molecule has 0 spiro atoms. The molecular formula is C19H19N3O3. The monoisotopic (exact) mass is 337 g/mol. The average Bonchev–Trinajstić information content (AvgIpc) is 3.11. The fourth-order valence-electron chi connectivity index (χ4n) is 3.42. The summed E-state index contributed by atoms with van der Waals surface area (Å²) in [7, 11) is 0. The van der Waals surface area contributed by atoms with Gasteiger partial charge in [-0.05, 0) is 55.6 Å². The smallest absolute Gasteiger partial charge is 0.274 e. The van der Waals surface area contributed by atoms with Crippen LogP contribution in [0.5, 0.6) is 0 Å². The van der Waals surface area contributed by atoms with Crippen molar-refractivity contribution < 1.29 is 14.5 Å². The molecule has 0 unspecified atom stereocenters. The third kappa shape index (κ3) is 3.01. The van der Waals surface area contributed by atoms with Crippen molar-refractivity contribution in [2.24, 2.45) is 0 Å². The molecule has 0 bridgehead atoms. The molecular weight excluding hydrogens is 318 g/mol. The highest BCUT2D eigenvalue weighted by Gasteiger charge is 2.17. The number of rotatable bonds is 3. The Kier molecular flexibility index (Phi) is 4.21. The number of hydrogen-bond acceptors (Lipinski definition) is 5. The van der Waals surface area contributed by atoms with E-state index >= 15 is 0 Å². The lowest BCUT2D eigenvalue weighted by molar-refractivity contribution is 0.0706. The van der Waals surface area contributed by atoms with E-state index in [-0.39, 0.29) is 0 Å². The first-order valence-corrected chi connectivity index (χ1v) is 8.41. The van der Waals surface area contributed by atoms with Crippen molar-refractivity contribution in [1.29, 1.82) is 0 Å². The van der Waals surface area contributed by atoms with Crippen LogP contribution in [0.1, 0.15) is 34.7 Å². The molecule has 3 N–H and O–H groups in total. The standard InChI is InChI=1S/C19H19N3O3/c23-19(21-24)15-5-6-17-16(11-15)18(25-22-17)14-3-1-12(2-4-14)13-7-9-20-10-8-13/h1-6,11,13,20,24H,7-10H2,(H,21,23). The minimum absolute atomic E-state index is 0.353. The second kappa shape index (κ2) is 6.66. The molecule has 0 radical (unpaired) electrons. The molecule has 3 aromatic rings. The maximum absolute atomic E-state index is 11.6. The number of carbonyl (C=O) groups is 1. The molecule has 2 aromatic carbocycles. The van der Waals surface area contributed by atoms with Gasteiger partial charge in [-0.1, -0.05) is 29.4 Å². The quantitative estimate of drug-likeness (QED) is 0.505. The summed E-state index contributed by atoms with van der Waals surface area (Å²) in [6.45, 7) is 2.13. The van der Waals surface area contributed by atoms with Gasteiger partial charge in [0.2, 0.25) is 0 Å². The number of hydrogen-bond donors (Lipinski definition) is 3. The van der Waals surface area contributed by atoms with Crippen LogP contribution in [0.4, 0.5) is 0 Å². The van der Waals surface area contributed by atoms with Crippen LogP contribution in [0.3, 0.4) is 0 Å². The molecule has 128 valence electrons.